The normalized spacial score (nSPS) is 46.4. The molecule has 1 aliphatic rings. The molecular formula is C8H17O3P. The fraction of sp³-hybridized carbons (Fsp3) is 1.00. The molecule has 4 heteroatoms. The molecule has 0 bridgehead atoms. The predicted molar refractivity (Wildman–Crippen MR) is 48.6 cm³/mol. The molecule has 1 rings (SSSR count). The predicted octanol–water partition coefficient (Wildman–Crippen LogP) is 2.19. The molecule has 1 saturated heterocycles. The Morgan fingerprint density at radius 3 is 2.17 bits per heavy atom. The summed E-state index contributed by atoms with van der Waals surface area (Å²) in [4.78, 5) is 0. The molecule has 0 radical (unpaired) electrons. The fourth-order valence-corrected chi connectivity index (χ4v) is 4.35. The topological polar surface area (TPSA) is 46.5 Å². The first-order valence-corrected chi connectivity index (χ1v) is 6.06. The largest absolute Gasteiger partial charge is 0.380 e. The van der Waals surface area contributed by atoms with Crippen molar-refractivity contribution in [3.63, 3.8) is 0 Å². The van der Waals surface area contributed by atoms with Gasteiger partial charge in [-0.2, -0.15) is 0 Å². The molecule has 12 heavy (non-hydrogen) atoms. The van der Waals surface area contributed by atoms with Gasteiger partial charge < -0.3 is 9.63 Å². The van der Waals surface area contributed by atoms with Gasteiger partial charge in [0.1, 0.15) is 5.34 Å². The van der Waals surface area contributed by atoms with Crippen LogP contribution in [-0.4, -0.2) is 22.2 Å². The van der Waals surface area contributed by atoms with Crippen LogP contribution in [0.4, 0.5) is 0 Å². The zero-order chi connectivity index (χ0) is 9.62. The van der Waals surface area contributed by atoms with Gasteiger partial charge in [-0.05, 0) is 20.8 Å². The van der Waals surface area contributed by atoms with Gasteiger partial charge >= 0.3 is 0 Å². The van der Waals surface area contributed by atoms with E-state index in [4.69, 9.17) is 4.52 Å². The quantitative estimate of drug-likeness (QED) is 0.648. The molecule has 0 saturated carbocycles. The molecule has 2 atom stereocenters. The van der Waals surface area contributed by atoms with Crippen molar-refractivity contribution in [3.8, 4) is 0 Å². The van der Waals surface area contributed by atoms with Gasteiger partial charge in [-0.25, -0.2) is 0 Å². The van der Waals surface area contributed by atoms with Gasteiger partial charge in [0.2, 0.25) is 7.37 Å². The van der Waals surface area contributed by atoms with Gasteiger partial charge in [-0.1, -0.05) is 6.92 Å². The summed E-state index contributed by atoms with van der Waals surface area (Å²) >= 11 is 0. The van der Waals surface area contributed by atoms with Gasteiger partial charge in [0, 0.05) is 12.6 Å². The van der Waals surface area contributed by atoms with E-state index < -0.39 is 18.3 Å². The van der Waals surface area contributed by atoms with E-state index in [1.54, 1.807) is 13.8 Å². The molecule has 0 amide bonds. The maximum atomic E-state index is 12.0. The average molecular weight is 192 g/mol. The summed E-state index contributed by atoms with van der Waals surface area (Å²) < 4.78 is 17.4. The Labute approximate surface area is 73.6 Å². The first kappa shape index (κ1) is 10.2. The second-order valence-electron chi connectivity index (χ2n) is 4.23. The van der Waals surface area contributed by atoms with Crippen molar-refractivity contribution in [2.75, 3.05) is 6.16 Å². The van der Waals surface area contributed by atoms with Crippen LogP contribution < -0.4 is 0 Å². The number of aliphatic hydroxyl groups is 1. The Kier molecular flexibility index (Phi) is 2.19. The lowest BCUT2D eigenvalue weighted by atomic mass is 10.0. The zero-order valence-electron chi connectivity index (χ0n) is 8.13. The van der Waals surface area contributed by atoms with Crippen LogP contribution in [0.2, 0.25) is 0 Å². The van der Waals surface area contributed by atoms with E-state index in [0.29, 0.717) is 12.6 Å². The third-order valence-corrected chi connectivity index (χ3v) is 5.55. The Hall–Kier alpha value is 0.150. The summed E-state index contributed by atoms with van der Waals surface area (Å²) in [6, 6.07) is 0. The van der Waals surface area contributed by atoms with Gasteiger partial charge in [-0.3, -0.25) is 4.57 Å². The SMILES string of the molecule is CCP1(=O)OC(C)(C)C[C@@]1(C)O. The third-order valence-electron chi connectivity index (χ3n) is 2.31. The van der Waals surface area contributed by atoms with Gasteiger partial charge in [0.15, 0.2) is 0 Å². The van der Waals surface area contributed by atoms with Crippen molar-refractivity contribution in [3.05, 3.63) is 0 Å². The highest BCUT2D eigenvalue weighted by atomic mass is 31.2. The summed E-state index contributed by atoms with van der Waals surface area (Å²) in [6.07, 6.45) is 0.856. The molecule has 0 aliphatic carbocycles. The Balaban J connectivity index is 3.00. The van der Waals surface area contributed by atoms with Gasteiger partial charge in [-0.15, -0.1) is 0 Å². The minimum Gasteiger partial charge on any atom is -0.380 e. The number of rotatable bonds is 1. The molecule has 1 heterocycles. The van der Waals surface area contributed by atoms with Crippen LogP contribution >= 0.6 is 7.37 Å². The van der Waals surface area contributed by atoms with E-state index in [2.05, 4.69) is 0 Å². The van der Waals surface area contributed by atoms with Crippen molar-refractivity contribution in [2.24, 2.45) is 0 Å². The molecule has 3 nitrogen and oxygen atoms in total. The van der Waals surface area contributed by atoms with Crippen molar-refractivity contribution in [1.29, 1.82) is 0 Å². The monoisotopic (exact) mass is 192 g/mol. The second kappa shape index (κ2) is 2.57. The Morgan fingerprint density at radius 2 is 2.00 bits per heavy atom. The van der Waals surface area contributed by atoms with Crippen LogP contribution in [0.25, 0.3) is 0 Å². The lowest BCUT2D eigenvalue weighted by molar-refractivity contribution is 0.0932. The molecule has 0 aromatic carbocycles. The molecule has 0 spiro atoms. The van der Waals surface area contributed by atoms with Crippen molar-refractivity contribution in [1.82, 2.24) is 0 Å². The molecule has 0 aromatic rings. The van der Waals surface area contributed by atoms with Gasteiger partial charge in [0.25, 0.3) is 0 Å². The van der Waals surface area contributed by atoms with E-state index in [0.717, 1.165) is 0 Å². The first-order chi connectivity index (χ1) is 5.22. The Morgan fingerprint density at radius 1 is 1.50 bits per heavy atom. The van der Waals surface area contributed by atoms with Crippen LogP contribution in [-0.2, 0) is 9.09 Å². The molecule has 1 aliphatic heterocycles. The molecule has 1 unspecified atom stereocenters. The van der Waals surface area contributed by atoms with Crippen molar-refractivity contribution in [2.45, 2.75) is 45.1 Å². The number of hydrogen-bond donors (Lipinski definition) is 1. The summed E-state index contributed by atoms with van der Waals surface area (Å²) in [5.41, 5.74) is -0.449. The summed E-state index contributed by atoms with van der Waals surface area (Å²) in [5, 5.41) is 8.73. The highest BCUT2D eigenvalue weighted by Gasteiger charge is 2.55. The van der Waals surface area contributed by atoms with E-state index in [1.807, 2.05) is 13.8 Å². The smallest absolute Gasteiger partial charge is 0.233 e. The standard InChI is InChI=1S/C8H17O3P/c1-5-12(10)8(4,9)6-7(2,3)11-12/h9H,5-6H2,1-4H3/t8-,12?/m0/s1. The van der Waals surface area contributed by atoms with Crippen LogP contribution in [0.15, 0.2) is 0 Å². The lowest BCUT2D eigenvalue weighted by Gasteiger charge is -2.22. The van der Waals surface area contributed by atoms with Crippen LogP contribution in [0, 0.1) is 0 Å². The summed E-state index contributed by atoms with van der Waals surface area (Å²) in [6.45, 7) is 7.11. The maximum absolute atomic E-state index is 12.0. The van der Waals surface area contributed by atoms with E-state index in [-0.39, 0.29) is 0 Å². The zero-order valence-corrected chi connectivity index (χ0v) is 9.02. The summed E-state index contributed by atoms with van der Waals surface area (Å²) in [5.74, 6) is 0. The minimum absolute atomic E-state index is 0.406. The first-order valence-electron chi connectivity index (χ1n) is 4.25. The maximum Gasteiger partial charge on any atom is 0.233 e. The molecule has 1 fully saturated rings. The Bertz CT molecular complexity index is 232. The van der Waals surface area contributed by atoms with Crippen LogP contribution in [0.1, 0.15) is 34.1 Å². The van der Waals surface area contributed by atoms with Gasteiger partial charge in [0.05, 0.1) is 5.60 Å². The molecule has 1 N–H and O–H groups in total. The fourth-order valence-electron chi connectivity index (χ4n) is 1.86. The second-order valence-corrected chi connectivity index (χ2v) is 7.36. The van der Waals surface area contributed by atoms with E-state index >= 15 is 0 Å². The highest BCUT2D eigenvalue weighted by molar-refractivity contribution is 7.60. The molecule has 72 valence electrons. The third kappa shape index (κ3) is 1.46. The number of hydrogen-bond acceptors (Lipinski definition) is 3. The van der Waals surface area contributed by atoms with Crippen LogP contribution in [0.5, 0.6) is 0 Å². The van der Waals surface area contributed by atoms with E-state index in [1.165, 1.54) is 0 Å². The van der Waals surface area contributed by atoms with Crippen LogP contribution in [0.3, 0.4) is 0 Å². The molecular weight excluding hydrogens is 175 g/mol. The summed E-state index contributed by atoms with van der Waals surface area (Å²) in [7, 11) is -2.82. The van der Waals surface area contributed by atoms with E-state index in [9.17, 15) is 9.67 Å². The average Bonchev–Trinajstić information content (AvgIpc) is 1.98. The lowest BCUT2D eigenvalue weighted by Crippen LogP contribution is -2.24. The van der Waals surface area contributed by atoms with Crippen molar-refractivity contribution < 1.29 is 14.2 Å². The minimum atomic E-state index is -2.82. The molecule has 0 aromatic heterocycles. The highest BCUT2D eigenvalue weighted by Crippen LogP contribution is 2.67. The van der Waals surface area contributed by atoms with Crippen molar-refractivity contribution >= 4 is 7.37 Å².